The summed E-state index contributed by atoms with van der Waals surface area (Å²) in [6.07, 6.45) is 0. The van der Waals surface area contributed by atoms with Crippen LogP contribution < -0.4 is 10.1 Å². The first-order chi connectivity index (χ1) is 14.7. The number of sulfonamides is 1. The van der Waals surface area contributed by atoms with E-state index in [4.69, 9.17) is 9.47 Å². The topological polar surface area (TPSA) is 102 Å². The Balaban J connectivity index is 1.70. The maximum Gasteiger partial charge on any atom is 0.338 e. The van der Waals surface area contributed by atoms with E-state index in [2.05, 4.69) is 5.32 Å². The van der Waals surface area contributed by atoms with Crippen molar-refractivity contribution in [3.8, 4) is 5.75 Å². The molecule has 9 heteroatoms. The van der Waals surface area contributed by atoms with E-state index in [1.165, 1.54) is 39.4 Å². The van der Waals surface area contributed by atoms with E-state index >= 15 is 0 Å². The number of hydrogen-bond donors (Lipinski definition) is 1. The quantitative estimate of drug-likeness (QED) is 0.565. The van der Waals surface area contributed by atoms with E-state index in [0.717, 1.165) is 15.1 Å². The van der Waals surface area contributed by atoms with Crippen LogP contribution in [0.15, 0.2) is 65.6 Å². The van der Waals surface area contributed by atoms with Crippen molar-refractivity contribution in [2.24, 2.45) is 0 Å². The van der Waals surface area contributed by atoms with E-state index in [1.807, 2.05) is 24.3 Å². The zero-order valence-electron chi connectivity index (χ0n) is 17.3. The highest BCUT2D eigenvalue weighted by atomic mass is 32.2. The molecule has 1 amide bonds. The van der Waals surface area contributed by atoms with Gasteiger partial charge < -0.3 is 14.8 Å². The number of hydrogen-bond acceptors (Lipinski definition) is 6. The molecule has 0 saturated heterocycles. The average molecular weight is 442 g/mol. The molecule has 0 aliphatic heterocycles. The summed E-state index contributed by atoms with van der Waals surface area (Å²) in [4.78, 5) is 24.6. The minimum Gasteiger partial charge on any atom is -0.495 e. The second kappa shape index (κ2) is 9.15. The number of esters is 1. The SMILES string of the molecule is COc1ccc(S(=O)(=O)N(C)C)cc1NC(=O)COC(=O)c1ccc2ccccc2c1. The van der Waals surface area contributed by atoms with Gasteiger partial charge in [0.05, 0.1) is 23.3 Å². The van der Waals surface area contributed by atoms with Crippen molar-refractivity contribution in [3.05, 3.63) is 66.2 Å². The molecule has 3 rings (SSSR count). The van der Waals surface area contributed by atoms with Crippen LogP contribution in [0, 0.1) is 0 Å². The molecule has 0 saturated carbocycles. The monoisotopic (exact) mass is 442 g/mol. The molecule has 8 nitrogen and oxygen atoms in total. The fourth-order valence-electron chi connectivity index (χ4n) is 2.87. The number of benzene rings is 3. The third kappa shape index (κ3) is 5.01. The summed E-state index contributed by atoms with van der Waals surface area (Å²) >= 11 is 0. The molecular formula is C22H22N2O6S. The van der Waals surface area contributed by atoms with Crippen molar-refractivity contribution in [2.75, 3.05) is 33.1 Å². The van der Waals surface area contributed by atoms with Crippen LogP contribution in [0.2, 0.25) is 0 Å². The van der Waals surface area contributed by atoms with Crippen LogP contribution >= 0.6 is 0 Å². The van der Waals surface area contributed by atoms with E-state index in [1.54, 1.807) is 18.2 Å². The number of nitrogens with one attached hydrogen (secondary N) is 1. The standard InChI is InChI=1S/C22H22N2O6S/c1-24(2)31(27,28)18-10-11-20(29-3)19(13-18)23-21(25)14-30-22(26)17-9-8-15-6-4-5-7-16(15)12-17/h4-13H,14H2,1-3H3,(H,23,25). The molecular weight excluding hydrogens is 420 g/mol. The van der Waals surface area contributed by atoms with Gasteiger partial charge in [0.15, 0.2) is 6.61 Å². The zero-order chi connectivity index (χ0) is 22.6. The van der Waals surface area contributed by atoms with Crippen molar-refractivity contribution in [1.29, 1.82) is 0 Å². The number of fused-ring (bicyclic) bond motifs is 1. The Morgan fingerprint density at radius 1 is 0.968 bits per heavy atom. The minimum absolute atomic E-state index is 0.0123. The van der Waals surface area contributed by atoms with Crippen LogP contribution in [-0.4, -0.2) is 52.4 Å². The van der Waals surface area contributed by atoms with E-state index < -0.39 is 28.5 Å². The molecule has 0 aliphatic rings. The lowest BCUT2D eigenvalue weighted by Gasteiger charge is -2.15. The summed E-state index contributed by atoms with van der Waals surface area (Å²) in [7, 11) is 0.509. The Bertz CT molecular complexity index is 1240. The molecule has 0 heterocycles. The molecule has 0 bridgehead atoms. The first-order valence-electron chi connectivity index (χ1n) is 9.28. The molecule has 3 aromatic carbocycles. The van der Waals surface area contributed by atoms with Crippen LogP contribution in [0.25, 0.3) is 10.8 Å². The predicted octanol–water partition coefficient (Wildman–Crippen LogP) is 2.89. The number of methoxy groups -OCH3 is 1. The molecule has 0 atom stereocenters. The van der Waals surface area contributed by atoms with Crippen LogP contribution in [0.1, 0.15) is 10.4 Å². The van der Waals surface area contributed by atoms with E-state index in [-0.39, 0.29) is 16.3 Å². The van der Waals surface area contributed by atoms with Gasteiger partial charge in [-0.1, -0.05) is 30.3 Å². The Morgan fingerprint density at radius 3 is 2.35 bits per heavy atom. The fraction of sp³-hybridized carbons (Fsp3) is 0.182. The van der Waals surface area contributed by atoms with Crippen LogP contribution in [0.4, 0.5) is 5.69 Å². The number of anilines is 1. The van der Waals surface area contributed by atoms with Crippen molar-refractivity contribution in [2.45, 2.75) is 4.90 Å². The first kappa shape index (κ1) is 22.3. The summed E-state index contributed by atoms with van der Waals surface area (Å²) in [5.74, 6) is -1.00. The normalized spacial score (nSPS) is 11.4. The maximum absolute atomic E-state index is 12.3. The summed E-state index contributed by atoms with van der Waals surface area (Å²) in [5, 5.41) is 4.39. The molecule has 31 heavy (non-hydrogen) atoms. The third-order valence-corrected chi connectivity index (χ3v) is 6.35. The Kier molecular flexibility index (Phi) is 6.57. The number of carbonyl (C=O) groups is 2. The number of ether oxygens (including phenoxy) is 2. The third-order valence-electron chi connectivity index (χ3n) is 4.54. The molecule has 0 aliphatic carbocycles. The lowest BCUT2D eigenvalue weighted by molar-refractivity contribution is -0.119. The van der Waals surface area contributed by atoms with Crippen LogP contribution in [0.5, 0.6) is 5.75 Å². The summed E-state index contributed by atoms with van der Waals surface area (Å²) in [6, 6.07) is 16.8. The Labute approximate surface area is 180 Å². The summed E-state index contributed by atoms with van der Waals surface area (Å²) < 4.78 is 36.0. The van der Waals surface area contributed by atoms with E-state index in [0.29, 0.717) is 5.56 Å². The molecule has 162 valence electrons. The van der Waals surface area contributed by atoms with Gasteiger partial charge >= 0.3 is 5.97 Å². The highest BCUT2D eigenvalue weighted by molar-refractivity contribution is 7.89. The number of amides is 1. The Morgan fingerprint density at radius 2 is 1.68 bits per heavy atom. The molecule has 0 fully saturated rings. The van der Waals surface area contributed by atoms with Crippen molar-refractivity contribution < 1.29 is 27.5 Å². The van der Waals surface area contributed by atoms with Gasteiger partial charge in [0.2, 0.25) is 10.0 Å². The van der Waals surface area contributed by atoms with Gasteiger partial charge in [0.1, 0.15) is 5.75 Å². The number of rotatable bonds is 7. The average Bonchev–Trinajstić information content (AvgIpc) is 2.76. The molecule has 1 N–H and O–H groups in total. The van der Waals surface area contributed by atoms with Crippen LogP contribution in [0.3, 0.4) is 0 Å². The van der Waals surface area contributed by atoms with Gasteiger partial charge in [-0.25, -0.2) is 17.5 Å². The minimum atomic E-state index is -3.70. The molecule has 3 aromatic rings. The van der Waals surface area contributed by atoms with Crippen molar-refractivity contribution in [1.82, 2.24) is 4.31 Å². The predicted molar refractivity (Wildman–Crippen MR) is 117 cm³/mol. The fourth-order valence-corrected chi connectivity index (χ4v) is 3.80. The molecule has 0 spiro atoms. The van der Waals surface area contributed by atoms with Gasteiger partial charge in [0.25, 0.3) is 5.91 Å². The zero-order valence-corrected chi connectivity index (χ0v) is 18.1. The van der Waals surface area contributed by atoms with Crippen molar-refractivity contribution >= 4 is 38.4 Å². The second-order valence-corrected chi connectivity index (χ2v) is 8.99. The lowest BCUT2D eigenvalue weighted by atomic mass is 10.1. The second-order valence-electron chi connectivity index (χ2n) is 6.84. The van der Waals surface area contributed by atoms with Crippen molar-refractivity contribution in [3.63, 3.8) is 0 Å². The molecule has 0 unspecified atom stereocenters. The van der Waals surface area contributed by atoms with Gasteiger partial charge in [-0.15, -0.1) is 0 Å². The van der Waals surface area contributed by atoms with E-state index in [9.17, 15) is 18.0 Å². The van der Waals surface area contributed by atoms with Crippen LogP contribution in [-0.2, 0) is 19.6 Å². The summed E-state index contributed by atoms with van der Waals surface area (Å²) in [5.41, 5.74) is 0.473. The molecule has 0 radical (unpaired) electrons. The largest absolute Gasteiger partial charge is 0.495 e. The molecule has 0 aromatic heterocycles. The first-order valence-corrected chi connectivity index (χ1v) is 10.7. The number of carbonyl (C=O) groups excluding carboxylic acids is 2. The smallest absolute Gasteiger partial charge is 0.338 e. The number of nitrogens with zero attached hydrogens (tertiary/aromatic N) is 1. The van der Waals surface area contributed by atoms with Gasteiger partial charge in [-0.2, -0.15) is 0 Å². The van der Waals surface area contributed by atoms with Gasteiger partial charge in [0, 0.05) is 14.1 Å². The highest BCUT2D eigenvalue weighted by Crippen LogP contribution is 2.28. The highest BCUT2D eigenvalue weighted by Gasteiger charge is 2.20. The van der Waals surface area contributed by atoms with Gasteiger partial charge in [-0.3, -0.25) is 4.79 Å². The maximum atomic E-state index is 12.3. The summed E-state index contributed by atoms with van der Waals surface area (Å²) in [6.45, 7) is -0.542. The Hall–Kier alpha value is -3.43. The lowest BCUT2D eigenvalue weighted by Crippen LogP contribution is -2.23. The van der Waals surface area contributed by atoms with Gasteiger partial charge in [-0.05, 0) is 41.1 Å².